The summed E-state index contributed by atoms with van der Waals surface area (Å²) in [5.74, 6) is -0.0345. The molecule has 1 saturated heterocycles. The number of hydrogen-bond acceptors (Lipinski definition) is 5. The number of likely N-dealkylation sites (tertiary alicyclic amines) is 1. The number of nitrogens with one attached hydrogen (secondary N) is 1. The van der Waals surface area contributed by atoms with Gasteiger partial charge in [-0.2, -0.15) is 0 Å². The molecule has 0 saturated carbocycles. The molecule has 0 aliphatic carbocycles. The van der Waals surface area contributed by atoms with Crippen molar-refractivity contribution in [3.8, 4) is 11.3 Å². The van der Waals surface area contributed by atoms with Crippen LogP contribution in [0.1, 0.15) is 23.8 Å². The third-order valence-corrected chi connectivity index (χ3v) is 4.60. The van der Waals surface area contributed by atoms with E-state index in [1.807, 2.05) is 30.3 Å². The third-order valence-electron chi connectivity index (χ3n) is 4.60. The lowest BCUT2D eigenvalue weighted by atomic mass is 9.90. The van der Waals surface area contributed by atoms with Crippen LogP contribution in [-0.2, 0) is 4.79 Å². The summed E-state index contributed by atoms with van der Waals surface area (Å²) in [5.41, 5.74) is 6.71. The Hall–Kier alpha value is -2.67. The minimum atomic E-state index is -0.430. The van der Waals surface area contributed by atoms with Gasteiger partial charge in [0.2, 0.25) is 5.91 Å². The van der Waals surface area contributed by atoms with Crippen LogP contribution in [0.15, 0.2) is 40.9 Å². The van der Waals surface area contributed by atoms with E-state index >= 15 is 0 Å². The minimum absolute atomic E-state index is 0.0314. The number of benzene rings is 1. The highest BCUT2D eigenvalue weighted by Crippen LogP contribution is 2.28. The van der Waals surface area contributed by atoms with E-state index in [0.29, 0.717) is 25.4 Å². The van der Waals surface area contributed by atoms with Crippen molar-refractivity contribution in [3.63, 3.8) is 0 Å². The molecule has 1 fully saturated rings. The molecule has 1 aliphatic heterocycles. The second kappa shape index (κ2) is 7.06. The average Bonchev–Trinajstić information content (AvgIpc) is 3.28. The number of carbonyl (C=O) groups excluding carboxylic acids is 2. The van der Waals surface area contributed by atoms with Crippen LogP contribution in [0, 0.1) is 5.41 Å². The van der Waals surface area contributed by atoms with Gasteiger partial charge in [0.15, 0.2) is 11.5 Å². The third kappa shape index (κ3) is 3.88. The van der Waals surface area contributed by atoms with Crippen LogP contribution in [0.2, 0.25) is 0 Å². The highest BCUT2D eigenvalue weighted by molar-refractivity contribution is 5.95. The van der Waals surface area contributed by atoms with Crippen molar-refractivity contribution in [1.82, 2.24) is 15.4 Å². The van der Waals surface area contributed by atoms with E-state index in [1.54, 1.807) is 11.0 Å². The molecule has 2 amide bonds. The SMILES string of the molecule is CC1(CN)CCN(C(=O)CNC(=O)c2cc(-c3ccccc3)on2)C1. The van der Waals surface area contributed by atoms with Crippen LogP contribution >= 0.6 is 0 Å². The van der Waals surface area contributed by atoms with Gasteiger partial charge in [-0.05, 0) is 18.4 Å². The Morgan fingerprint density at radius 1 is 1.36 bits per heavy atom. The van der Waals surface area contributed by atoms with Gasteiger partial charge in [0, 0.05) is 24.7 Å². The zero-order valence-corrected chi connectivity index (χ0v) is 14.2. The quantitative estimate of drug-likeness (QED) is 0.852. The molecule has 1 aromatic heterocycles. The molecule has 3 rings (SSSR count). The number of nitrogens with two attached hydrogens (primary N) is 1. The molecule has 7 nitrogen and oxygen atoms in total. The summed E-state index contributed by atoms with van der Waals surface area (Å²) >= 11 is 0. The fraction of sp³-hybridized carbons (Fsp3) is 0.389. The first-order valence-corrected chi connectivity index (χ1v) is 8.29. The number of rotatable bonds is 5. The van der Waals surface area contributed by atoms with E-state index in [9.17, 15) is 9.59 Å². The van der Waals surface area contributed by atoms with Gasteiger partial charge in [-0.25, -0.2) is 0 Å². The molecular formula is C18H22N4O3. The molecule has 25 heavy (non-hydrogen) atoms. The first-order valence-electron chi connectivity index (χ1n) is 8.29. The number of amides is 2. The topological polar surface area (TPSA) is 101 Å². The van der Waals surface area contributed by atoms with E-state index < -0.39 is 5.91 Å². The number of carbonyl (C=O) groups is 2. The van der Waals surface area contributed by atoms with Gasteiger partial charge in [0.25, 0.3) is 5.91 Å². The van der Waals surface area contributed by atoms with E-state index in [0.717, 1.165) is 12.0 Å². The lowest BCUT2D eigenvalue weighted by Gasteiger charge is -2.22. The average molecular weight is 342 g/mol. The number of hydrogen-bond donors (Lipinski definition) is 2. The maximum absolute atomic E-state index is 12.2. The summed E-state index contributed by atoms with van der Waals surface area (Å²) in [4.78, 5) is 26.1. The predicted octanol–water partition coefficient (Wildman–Crippen LogP) is 1.27. The second-order valence-corrected chi connectivity index (χ2v) is 6.71. The molecule has 2 aromatic rings. The minimum Gasteiger partial charge on any atom is -0.355 e. The molecule has 2 heterocycles. The summed E-state index contributed by atoms with van der Waals surface area (Å²) < 4.78 is 5.20. The van der Waals surface area contributed by atoms with Crippen molar-refractivity contribution in [2.75, 3.05) is 26.2 Å². The van der Waals surface area contributed by atoms with E-state index in [4.69, 9.17) is 10.3 Å². The molecule has 1 aromatic carbocycles. The molecule has 1 unspecified atom stereocenters. The van der Waals surface area contributed by atoms with E-state index in [-0.39, 0.29) is 23.6 Å². The van der Waals surface area contributed by atoms with E-state index in [2.05, 4.69) is 17.4 Å². The predicted molar refractivity (Wildman–Crippen MR) is 92.6 cm³/mol. The molecule has 0 radical (unpaired) electrons. The van der Waals surface area contributed by atoms with Crippen molar-refractivity contribution in [2.45, 2.75) is 13.3 Å². The van der Waals surface area contributed by atoms with Crippen LogP contribution in [0.25, 0.3) is 11.3 Å². The highest BCUT2D eigenvalue weighted by atomic mass is 16.5. The van der Waals surface area contributed by atoms with Crippen LogP contribution in [0.3, 0.4) is 0 Å². The zero-order valence-electron chi connectivity index (χ0n) is 14.2. The first kappa shape index (κ1) is 17.2. The highest BCUT2D eigenvalue weighted by Gasteiger charge is 2.34. The lowest BCUT2D eigenvalue weighted by molar-refractivity contribution is -0.129. The normalized spacial score (nSPS) is 19.8. The number of nitrogens with zero attached hydrogens (tertiary/aromatic N) is 2. The van der Waals surface area contributed by atoms with Gasteiger partial charge in [-0.3, -0.25) is 9.59 Å². The van der Waals surface area contributed by atoms with Crippen molar-refractivity contribution in [3.05, 3.63) is 42.1 Å². The summed E-state index contributed by atoms with van der Waals surface area (Å²) in [6.07, 6.45) is 0.882. The Kier molecular flexibility index (Phi) is 4.85. The fourth-order valence-electron chi connectivity index (χ4n) is 2.88. The Morgan fingerprint density at radius 3 is 2.80 bits per heavy atom. The van der Waals surface area contributed by atoms with Gasteiger partial charge in [-0.15, -0.1) is 0 Å². The summed E-state index contributed by atoms with van der Waals surface area (Å²) in [6.45, 7) is 3.85. The standard InChI is InChI=1S/C18H22N4O3/c1-18(11-19)7-8-22(12-18)16(23)10-20-17(24)14-9-15(25-21-14)13-5-3-2-4-6-13/h2-6,9H,7-8,10-12,19H2,1H3,(H,20,24). The Bertz CT molecular complexity index is 759. The van der Waals surface area contributed by atoms with Crippen LogP contribution < -0.4 is 11.1 Å². The molecule has 0 bridgehead atoms. The van der Waals surface area contributed by atoms with Crippen LogP contribution in [-0.4, -0.2) is 48.0 Å². The zero-order chi connectivity index (χ0) is 17.9. The van der Waals surface area contributed by atoms with Crippen molar-refractivity contribution in [2.24, 2.45) is 11.1 Å². The van der Waals surface area contributed by atoms with Crippen molar-refractivity contribution < 1.29 is 14.1 Å². The van der Waals surface area contributed by atoms with Gasteiger partial charge >= 0.3 is 0 Å². The Labute approximate surface area is 146 Å². The molecule has 3 N–H and O–H groups in total. The Morgan fingerprint density at radius 2 is 2.12 bits per heavy atom. The molecule has 1 atom stereocenters. The lowest BCUT2D eigenvalue weighted by Crippen LogP contribution is -2.40. The van der Waals surface area contributed by atoms with Crippen LogP contribution in [0.5, 0.6) is 0 Å². The van der Waals surface area contributed by atoms with Gasteiger partial charge in [0.1, 0.15) is 0 Å². The van der Waals surface area contributed by atoms with E-state index in [1.165, 1.54) is 0 Å². The second-order valence-electron chi connectivity index (χ2n) is 6.71. The number of aromatic nitrogens is 1. The maximum Gasteiger partial charge on any atom is 0.273 e. The van der Waals surface area contributed by atoms with Gasteiger partial charge in [-0.1, -0.05) is 42.4 Å². The van der Waals surface area contributed by atoms with Crippen molar-refractivity contribution in [1.29, 1.82) is 0 Å². The molecule has 7 heteroatoms. The largest absolute Gasteiger partial charge is 0.355 e. The fourth-order valence-corrected chi connectivity index (χ4v) is 2.88. The van der Waals surface area contributed by atoms with Crippen molar-refractivity contribution >= 4 is 11.8 Å². The molecule has 0 spiro atoms. The molecule has 1 aliphatic rings. The smallest absolute Gasteiger partial charge is 0.273 e. The molecule has 132 valence electrons. The summed E-state index contributed by atoms with van der Waals surface area (Å²) in [5, 5.41) is 6.38. The summed E-state index contributed by atoms with van der Waals surface area (Å²) in [7, 11) is 0. The monoisotopic (exact) mass is 342 g/mol. The Balaban J connectivity index is 1.55. The maximum atomic E-state index is 12.2. The first-order chi connectivity index (χ1) is 12.0. The van der Waals surface area contributed by atoms with Gasteiger partial charge < -0.3 is 20.5 Å². The summed E-state index contributed by atoms with van der Waals surface area (Å²) in [6, 6.07) is 11.0. The van der Waals surface area contributed by atoms with Gasteiger partial charge in [0.05, 0.1) is 6.54 Å². The van der Waals surface area contributed by atoms with Crippen LogP contribution in [0.4, 0.5) is 0 Å². The molecular weight excluding hydrogens is 320 g/mol.